The van der Waals surface area contributed by atoms with E-state index < -0.39 is 0 Å². The predicted molar refractivity (Wildman–Crippen MR) is 105 cm³/mol. The summed E-state index contributed by atoms with van der Waals surface area (Å²) in [6.07, 6.45) is 4.42. The molecule has 1 heterocycles. The lowest BCUT2D eigenvalue weighted by Crippen LogP contribution is -2.45. The van der Waals surface area contributed by atoms with Crippen molar-refractivity contribution in [3.05, 3.63) is 0 Å². The summed E-state index contributed by atoms with van der Waals surface area (Å²) in [6, 6.07) is 0. The van der Waals surface area contributed by atoms with Gasteiger partial charge in [-0.15, -0.1) is 0 Å². The number of rotatable bonds is 4. The maximum Gasteiger partial charge on any atom is 0.146 e. The monoisotopic (exact) mass is 356 g/mol. The lowest BCUT2D eigenvalue weighted by Gasteiger charge is -2.45. The predicted octanol–water partition coefficient (Wildman–Crippen LogP) is 5.51. The molecule has 0 aromatic carbocycles. The van der Waals surface area contributed by atoms with Gasteiger partial charge in [0.2, 0.25) is 0 Å². The van der Waals surface area contributed by atoms with Gasteiger partial charge in [-0.2, -0.15) is 0 Å². The van der Waals surface area contributed by atoms with E-state index in [1.54, 1.807) is 0 Å². The zero-order chi connectivity index (χ0) is 19.3. The Kier molecular flexibility index (Phi) is 8.90. The first-order valence-corrected chi connectivity index (χ1v) is 10.4. The molecule has 3 nitrogen and oxygen atoms in total. The van der Waals surface area contributed by atoms with Crippen LogP contribution in [-0.2, 0) is 9.47 Å². The molecule has 0 amide bonds. The number of aliphatic hydroxyl groups is 1. The third-order valence-electron chi connectivity index (χ3n) is 7.39. The normalized spacial score (nSPS) is 23.9. The number of hydrogen-bond donors (Lipinski definition) is 1. The van der Waals surface area contributed by atoms with Crippen LogP contribution in [0.25, 0.3) is 0 Å². The molecule has 0 aromatic heterocycles. The van der Waals surface area contributed by atoms with Gasteiger partial charge >= 0.3 is 0 Å². The first-order chi connectivity index (χ1) is 11.6. The minimum Gasteiger partial charge on any atom is -0.393 e. The number of hydrogen-bond acceptors (Lipinski definition) is 3. The molecule has 0 bridgehead atoms. The zero-order valence-electron chi connectivity index (χ0n) is 18.1. The molecule has 1 saturated heterocycles. The molecule has 2 aliphatic rings. The van der Waals surface area contributed by atoms with Crippen LogP contribution >= 0.6 is 0 Å². The molecule has 150 valence electrons. The summed E-state index contributed by atoms with van der Waals surface area (Å²) in [4.78, 5) is 0. The highest BCUT2D eigenvalue weighted by molar-refractivity contribution is 4.90. The van der Waals surface area contributed by atoms with Gasteiger partial charge in [0.1, 0.15) is 6.79 Å². The van der Waals surface area contributed by atoms with Crippen molar-refractivity contribution in [2.45, 2.75) is 87.2 Å². The molecular formula is C22H44O3. The van der Waals surface area contributed by atoms with Crippen LogP contribution in [-0.4, -0.2) is 31.2 Å². The Balaban J connectivity index is 0.000000251. The largest absolute Gasteiger partial charge is 0.393 e. The van der Waals surface area contributed by atoms with Gasteiger partial charge in [-0.1, -0.05) is 55.4 Å². The van der Waals surface area contributed by atoms with E-state index in [1.807, 2.05) is 0 Å². The van der Waals surface area contributed by atoms with Gasteiger partial charge in [-0.3, -0.25) is 0 Å². The van der Waals surface area contributed by atoms with E-state index in [9.17, 15) is 5.11 Å². The van der Waals surface area contributed by atoms with Gasteiger partial charge in [0, 0.05) is 5.41 Å². The first kappa shape index (κ1) is 22.9. The molecule has 1 saturated carbocycles. The van der Waals surface area contributed by atoms with Gasteiger partial charge in [0.05, 0.1) is 19.3 Å². The van der Waals surface area contributed by atoms with Crippen LogP contribution in [0.5, 0.6) is 0 Å². The topological polar surface area (TPSA) is 38.7 Å². The molecule has 3 heteroatoms. The van der Waals surface area contributed by atoms with Gasteiger partial charge in [0.25, 0.3) is 0 Å². The van der Waals surface area contributed by atoms with Crippen LogP contribution in [0.2, 0.25) is 0 Å². The molecule has 1 aliphatic carbocycles. The Labute approximate surface area is 156 Å². The van der Waals surface area contributed by atoms with Crippen molar-refractivity contribution >= 4 is 0 Å². The maximum absolute atomic E-state index is 9.50. The Morgan fingerprint density at radius 3 is 1.32 bits per heavy atom. The summed E-state index contributed by atoms with van der Waals surface area (Å²) < 4.78 is 10.8. The third kappa shape index (κ3) is 5.43. The van der Waals surface area contributed by atoms with Crippen molar-refractivity contribution in [2.75, 3.05) is 20.0 Å². The van der Waals surface area contributed by atoms with Crippen molar-refractivity contribution < 1.29 is 14.6 Å². The summed E-state index contributed by atoms with van der Waals surface area (Å²) in [5.41, 5.74) is 0.734. The SMILES string of the molecule is CC(C)C1(C(C)C)CCC(O)CC1.CC(C)C1(C(C)C)COCOC1. The molecule has 0 radical (unpaired) electrons. The second-order valence-corrected chi connectivity index (χ2v) is 9.63. The molecular weight excluding hydrogens is 312 g/mol. The lowest BCUT2D eigenvalue weighted by molar-refractivity contribution is -0.192. The fraction of sp³-hybridized carbons (Fsp3) is 1.00. The quantitative estimate of drug-likeness (QED) is 0.722. The van der Waals surface area contributed by atoms with Gasteiger partial charge in [0.15, 0.2) is 0 Å². The molecule has 0 unspecified atom stereocenters. The summed E-state index contributed by atoms with van der Waals surface area (Å²) >= 11 is 0. The Bertz CT molecular complexity index is 339. The van der Waals surface area contributed by atoms with Gasteiger partial charge < -0.3 is 14.6 Å². The third-order valence-corrected chi connectivity index (χ3v) is 7.39. The van der Waals surface area contributed by atoms with Crippen LogP contribution in [0.4, 0.5) is 0 Å². The van der Waals surface area contributed by atoms with E-state index in [2.05, 4.69) is 55.4 Å². The highest BCUT2D eigenvalue weighted by atomic mass is 16.7. The van der Waals surface area contributed by atoms with Crippen LogP contribution in [0.1, 0.15) is 81.1 Å². The van der Waals surface area contributed by atoms with E-state index in [0.717, 1.165) is 37.9 Å². The molecule has 0 atom stereocenters. The molecule has 1 aliphatic heterocycles. The van der Waals surface area contributed by atoms with Gasteiger partial charge in [-0.25, -0.2) is 0 Å². The summed E-state index contributed by atoms with van der Waals surface area (Å²) in [5.74, 6) is 2.75. The summed E-state index contributed by atoms with van der Waals surface area (Å²) in [5, 5.41) is 9.50. The Morgan fingerprint density at radius 1 is 0.680 bits per heavy atom. The van der Waals surface area contributed by atoms with Crippen molar-refractivity contribution in [3.63, 3.8) is 0 Å². The smallest absolute Gasteiger partial charge is 0.146 e. The molecule has 0 spiro atoms. The highest BCUT2D eigenvalue weighted by Gasteiger charge is 2.40. The summed E-state index contributed by atoms with van der Waals surface area (Å²) in [7, 11) is 0. The summed E-state index contributed by atoms with van der Waals surface area (Å²) in [6.45, 7) is 20.5. The molecule has 0 aromatic rings. The minimum absolute atomic E-state index is 0.0226. The van der Waals surface area contributed by atoms with Crippen molar-refractivity contribution in [1.29, 1.82) is 0 Å². The van der Waals surface area contributed by atoms with Crippen LogP contribution in [0.15, 0.2) is 0 Å². The maximum atomic E-state index is 9.50. The van der Waals surface area contributed by atoms with Crippen LogP contribution < -0.4 is 0 Å². The average Bonchev–Trinajstić information content (AvgIpc) is 2.56. The Hall–Kier alpha value is -0.120. The van der Waals surface area contributed by atoms with E-state index in [0.29, 0.717) is 24.0 Å². The standard InChI is InChI=1S/C12H24O.C10H20O2/c1-9(2)12(10(3)4)7-5-11(13)6-8-12;1-8(2)10(9(3)4)5-11-7-12-6-10/h9-11,13H,5-8H2,1-4H3;8-9H,5-7H2,1-4H3. The second kappa shape index (κ2) is 9.71. The molecule has 2 rings (SSSR count). The first-order valence-electron chi connectivity index (χ1n) is 10.4. The molecule has 1 N–H and O–H groups in total. The molecule has 2 fully saturated rings. The van der Waals surface area contributed by atoms with Crippen molar-refractivity contribution in [1.82, 2.24) is 0 Å². The molecule has 25 heavy (non-hydrogen) atoms. The average molecular weight is 357 g/mol. The fourth-order valence-corrected chi connectivity index (χ4v) is 4.86. The van der Waals surface area contributed by atoms with E-state index in [-0.39, 0.29) is 11.5 Å². The fourth-order valence-electron chi connectivity index (χ4n) is 4.86. The number of ether oxygens (including phenoxy) is 2. The lowest BCUT2D eigenvalue weighted by atomic mass is 9.60. The zero-order valence-corrected chi connectivity index (χ0v) is 18.1. The van der Waals surface area contributed by atoms with E-state index in [4.69, 9.17) is 9.47 Å². The number of aliphatic hydroxyl groups excluding tert-OH is 1. The van der Waals surface area contributed by atoms with E-state index >= 15 is 0 Å². The Morgan fingerprint density at radius 2 is 1.04 bits per heavy atom. The highest BCUT2D eigenvalue weighted by Crippen LogP contribution is 2.48. The second-order valence-electron chi connectivity index (χ2n) is 9.63. The van der Waals surface area contributed by atoms with Crippen molar-refractivity contribution in [2.24, 2.45) is 34.5 Å². The van der Waals surface area contributed by atoms with Crippen LogP contribution in [0.3, 0.4) is 0 Å². The minimum atomic E-state index is -0.0226. The van der Waals surface area contributed by atoms with Gasteiger partial charge in [-0.05, 0) is 54.8 Å². The van der Waals surface area contributed by atoms with Crippen LogP contribution in [0, 0.1) is 34.5 Å². The van der Waals surface area contributed by atoms with E-state index in [1.165, 1.54) is 12.8 Å². The van der Waals surface area contributed by atoms with Crippen molar-refractivity contribution in [3.8, 4) is 0 Å².